The summed E-state index contributed by atoms with van der Waals surface area (Å²) >= 11 is 0. The van der Waals surface area contributed by atoms with E-state index in [1.54, 1.807) is 0 Å². The molecule has 26 heavy (non-hydrogen) atoms. The van der Waals surface area contributed by atoms with Gasteiger partial charge in [0.05, 0.1) is 13.1 Å². The largest absolute Gasteiger partial charge is 0.275 e. The maximum atomic E-state index is 5.03. The van der Waals surface area contributed by atoms with Gasteiger partial charge in [0.2, 0.25) is 0 Å². The van der Waals surface area contributed by atoms with Crippen LogP contribution in [-0.4, -0.2) is 30.0 Å². The van der Waals surface area contributed by atoms with Crippen molar-refractivity contribution in [2.24, 2.45) is 4.99 Å². The highest BCUT2D eigenvalue weighted by Gasteiger charge is 2.38. The topological polar surface area (TPSA) is 12.4 Å². The summed E-state index contributed by atoms with van der Waals surface area (Å²) in [5, 5.41) is 5.58. The Hall–Kier alpha value is -2.19. The van der Waals surface area contributed by atoms with Gasteiger partial charge in [-0.15, -0.1) is 0 Å². The van der Waals surface area contributed by atoms with Gasteiger partial charge in [-0.3, -0.25) is 4.48 Å². The summed E-state index contributed by atoms with van der Waals surface area (Å²) in [6, 6.07) is 20.2. The lowest BCUT2D eigenvalue weighted by atomic mass is 9.95. The first kappa shape index (κ1) is 16.0. The van der Waals surface area contributed by atoms with Crippen molar-refractivity contribution in [1.82, 2.24) is 0 Å². The third kappa shape index (κ3) is 2.64. The Morgan fingerprint density at radius 1 is 0.769 bits per heavy atom. The molecule has 0 N–H and O–H groups in total. The molecule has 0 spiro atoms. The molecule has 1 atom stereocenters. The molecule has 1 unspecified atom stereocenters. The summed E-state index contributed by atoms with van der Waals surface area (Å²) in [5.74, 6) is 1.48. The molecule has 132 valence electrons. The first-order valence-corrected chi connectivity index (χ1v) is 10.2. The number of fused-ring (bicyclic) bond motifs is 3. The summed E-state index contributed by atoms with van der Waals surface area (Å²) in [6.45, 7) is 4.65. The molecule has 2 aliphatic rings. The van der Waals surface area contributed by atoms with Crippen LogP contribution in [0.3, 0.4) is 0 Å². The Labute approximate surface area is 155 Å². The van der Waals surface area contributed by atoms with Gasteiger partial charge < -0.3 is 0 Å². The molecule has 2 heteroatoms. The van der Waals surface area contributed by atoms with Crippen molar-refractivity contribution in [1.29, 1.82) is 0 Å². The molecule has 0 aliphatic carbocycles. The molecule has 0 radical (unpaired) electrons. The van der Waals surface area contributed by atoms with Gasteiger partial charge in [-0.1, -0.05) is 48.5 Å². The molecule has 3 aromatic carbocycles. The number of hydrogen-bond acceptors (Lipinski definition) is 1. The minimum absolute atomic E-state index is 1.03. The number of hydrogen-bond donors (Lipinski definition) is 0. The van der Waals surface area contributed by atoms with E-state index >= 15 is 0 Å². The van der Waals surface area contributed by atoms with Crippen LogP contribution < -0.4 is 0 Å². The van der Waals surface area contributed by atoms with Crippen LogP contribution in [-0.2, 0) is 6.54 Å². The second kappa shape index (κ2) is 6.51. The van der Waals surface area contributed by atoms with Gasteiger partial charge in [0, 0.05) is 24.9 Å². The molecule has 3 aromatic rings. The first-order valence-electron chi connectivity index (χ1n) is 10.2. The number of quaternary nitrogens is 1. The van der Waals surface area contributed by atoms with Crippen molar-refractivity contribution in [3.63, 3.8) is 0 Å². The Morgan fingerprint density at radius 2 is 1.46 bits per heavy atom. The van der Waals surface area contributed by atoms with E-state index in [-0.39, 0.29) is 0 Å². The van der Waals surface area contributed by atoms with E-state index in [1.165, 1.54) is 78.1 Å². The minimum atomic E-state index is 1.03. The van der Waals surface area contributed by atoms with Crippen LogP contribution in [0.15, 0.2) is 59.6 Å². The van der Waals surface area contributed by atoms with Gasteiger partial charge in [-0.05, 0) is 46.9 Å². The van der Waals surface area contributed by atoms with E-state index in [4.69, 9.17) is 4.99 Å². The Morgan fingerprint density at radius 3 is 2.23 bits per heavy atom. The zero-order valence-electron chi connectivity index (χ0n) is 15.5. The van der Waals surface area contributed by atoms with Crippen LogP contribution in [0, 0.1) is 0 Å². The average Bonchev–Trinajstić information content (AvgIpc) is 2.90. The predicted molar refractivity (Wildman–Crippen MR) is 111 cm³/mol. The number of rotatable bonds is 2. The van der Waals surface area contributed by atoms with Gasteiger partial charge in [0.15, 0.2) is 5.84 Å². The minimum Gasteiger partial charge on any atom is -0.275 e. The van der Waals surface area contributed by atoms with E-state index in [9.17, 15) is 0 Å². The lowest BCUT2D eigenvalue weighted by Crippen LogP contribution is -2.54. The quantitative estimate of drug-likeness (QED) is 0.419. The normalized spacial score (nSPS) is 23.5. The molecule has 0 amide bonds. The predicted octanol–water partition coefficient (Wildman–Crippen LogP) is 5.69. The second-order valence-electron chi connectivity index (χ2n) is 8.01. The van der Waals surface area contributed by atoms with Crippen LogP contribution in [0.5, 0.6) is 0 Å². The molecular weight excluding hydrogens is 316 g/mol. The Bertz CT molecular complexity index is 934. The third-order valence-electron chi connectivity index (χ3n) is 6.42. The fraction of sp³-hybridized carbons (Fsp3) is 0.375. The Kier molecular flexibility index (Phi) is 4.01. The highest BCUT2D eigenvalue weighted by Crippen LogP contribution is 2.34. The fourth-order valence-electron chi connectivity index (χ4n) is 5.12. The van der Waals surface area contributed by atoms with Gasteiger partial charge >= 0.3 is 0 Å². The van der Waals surface area contributed by atoms with Crippen molar-refractivity contribution < 1.29 is 4.48 Å². The highest BCUT2D eigenvalue weighted by atomic mass is 15.4. The van der Waals surface area contributed by atoms with E-state index < -0.39 is 0 Å². The molecule has 5 rings (SSSR count). The van der Waals surface area contributed by atoms with Crippen LogP contribution in [0.1, 0.15) is 37.7 Å². The zero-order valence-corrected chi connectivity index (χ0v) is 15.5. The van der Waals surface area contributed by atoms with Gasteiger partial charge in [0.25, 0.3) is 0 Å². The lowest BCUT2D eigenvalue weighted by Gasteiger charge is -2.40. The van der Waals surface area contributed by atoms with Crippen molar-refractivity contribution >= 4 is 27.4 Å². The van der Waals surface area contributed by atoms with E-state index in [0.29, 0.717) is 0 Å². The smallest absolute Gasteiger partial charge is 0.198 e. The first-order chi connectivity index (χ1) is 12.9. The van der Waals surface area contributed by atoms with Crippen LogP contribution in [0.4, 0.5) is 0 Å². The number of nitrogens with zero attached hydrogens (tertiary/aromatic N) is 2. The summed E-state index contributed by atoms with van der Waals surface area (Å²) < 4.78 is 1.11. The fourth-order valence-corrected chi connectivity index (χ4v) is 5.12. The maximum Gasteiger partial charge on any atom is 0.198 e. The maximum absolute atomic E-state index is 5.03. The molecule has 2 heterocycles. The van der Waals surface area contributed by atoms with E-state index in [2.05, 4.69) is 54.6 Å². The molecule has 0 bridgehead atoms. The monoisotopic (exact) mass is 343 g/mol. The van der Waals surface area contributed by atoms with Crippen molar-refractivity contribution in [3.05, 3.63) is 60.2 Å². The van der Waals surface area contributed by atoms with Crippen molar-refractivity contribution in [2.45, 2.75) is 38.6 Å². The van der Waals surface area contributed by atoms with Crippen molar-refractivity contribution in [2.75, 3.05) is 19.6 Å². The zero-order chi connectivity index (χ0) is 17.4. The Balaban J connectivity index is 1.72. The number of amidine groups is 1. The van der Waals surface area contributed by atoms with E-state index in [0.717, 1.165) is 17.6 Å². The third-order valence-corrected chi connectivity index (χ3v) is 6.42. The number of benzene rings is 3. The van der Waals surface area contributed by atoms with Crippen molar-refractivity contribution in [3.8, 4) is 0 Å². The average molecular weight is 343 g/mol. The molecule has 2 nitrogen and oxygen atoms in total. The van der Waals surface area contributed by atoms with E-state index in [1.807, 2.05) is 0 Å². The SMILES string of the molecule is c1ccc2c(C[N+]34CCCCCC3=NCCC4)c3ccccc3cc2c1. The molecule has 0 saturated carbocycles. The summed E-state index contributed by atoms with van der Waals surface area (Å²) in [7, 11) is 0. The summed E-state index contributed by atoms with van der Waals surface area (Å²) in [4.78, 5) is 5.03. The second-order valence-corrected chi connectivity index (χ2v) is 8.01. The van der Waals surface area contributed by atoms with Gasteiger partial charge in [-0.25, -0.2) is 4.99 Å². The standard InChI is InChI=1S/C24H27N2/c1-2-13-24-25-14-8-16-26(24,15-7-1)18-23-21-11-5-3-9-19(21)17-20-10-4-6-12-22(20)23/h3-6,9-12,17H,1-2,7-8,13-16,18H2/q+1. The molecular formula is C24H27N2+. The number of aliphatic imine (C=N–C) groups is 1. The molecule has 0 aromatic heterocycles. The van der Waals surface area contributed by atoms with Gasteiger partial charge in [-0.2, -0.15) is 0 Å². The lowest BCUT2D eigenvalue weighted by molar-refractivity contribution is -0.858. The summed E-state index contributed by atoms with van der Waals surface area (Å²) in [6.07, 6.45) is 6.43. The molecule has 1 fully saturated rings. The molecule has 2 aliphatic heterocycles. The summed E-state index contributed by atoms with van der Waals surface area (Å²) in [5.41, 5.74) is 1.52. The van der Waals surface area contributed by atoms with Crippen LogP contribution >= 0.6 is 0 Å². The van der Waals surface area contributed by atoms with Gasteiger partial charge in [0.1, 0.15) is 6.54 Å². The van der Waals surface area contributed by atoms with Crippen LogP contribution in [0.25, 0.3) is 21.5 Å². The molecule has 1 saturated heterocycles. The highest BCUT2D eigenvalue weighted by molar-refractivity contribution is 6.02. The van der Waals surface area contributed by atoms with Crippen LogP contribution in [0.2, 0.25) is 0 Å².